The summed E-state index contributed by atoms with van der Waals surface area (Å²) in [5.41, 5.74) is 6.59. The maximum atomic E-state index is 13.6. The third-order valence-corrected chi connectivity index (χ3v) is 6.19. The molecule has 0 saturated carbocycles. The van der Waals surface area contributed by atoms with Crippen molar-refractivity contribution in [1.29, 1.82) is 0 Å². The Labute approximate surface area is 218 Å². The molecule has 5 N–H and O–H groups in total. The summed E-state index contributed by atoms with van der Waals surface area (Å²) in [6.07, 6.45) is 2.77. The van der Waals surface area contributed by atoms with Gasteiger partial charge in [-0.2, -0.15) is 13.9 Å². The number of nitrogens with one attached hydrogen (secondary N) is 1. The van der Waals surface area contributed by atoms with Crippen LogP contribution in [0.2, 0.25) is 5.02 Å². The summed E-state index contributed by atoms with van der Waals surface area (Å²) in [7, 11) is 0. The number of carbonyl (C=O) groups excluding carboxylic acids is 1. The predicted octanol–water partition coefficient (Wildman–Crippen LogP) is 4.74. The number of carboxylic acid groups (broad SMARTS) is 1. The number of nitrogens with zero attached hydrogens (tertiary/aromatic N) is 2. The largest absolute Gasteiger partial charge is 0.478 e. The number of aliphatic hydroxyl groups excluding tert-OH is 1. The van der Waals surface area contributed by atoms with Gasteiger partial charge in [0.25, 0.3) is 0 Å². The summed E-state index contributed by atoms with van der Waals surface area (Å²) in [5, 5.41) is 25.8. The first-order valence-electron chi connectivity index (χ1n) is 11.4. The Kier molecular flexibility index (Phi) is 8.36. The SMILES string of the molecule is CC(C)(C)C[C@](N)(C(=O)N[C@H](CO)c1ccc(Cl)c(C(=O)O)c1)c1ccc(-c2cnn(C(F)F)c2)cc1. The lowest BCUT2D eigenvalue weighted by Gasteiger charge is -2.36. The molecular formula is C26H29ClF2N4O4. The second kappa shape index (κ2) is 11.0. The number of amides is 1. The van der Waals surface area contributed by atoms with Crippen LogP contribution in [-0.2, 0) is 10.3 Å². The highest BCUT2D eigenvalue weighted by Crippen LogP contribution is 2.35. The lowest BCUT2D eigenvalue weighted by molar-refractivity contribution is -0.129. The molecule has 3 rings (SSSR count). The van der Waals surface area contributed by atoms with Crippen LogP contribution < -0.4 is 11.1 Å². The van der Waals surface area contributed by atoms with E-state index >= 15 is 0 Å². The second-order valence-corrected chi connectivity index (χ2v) is 10.4. The zero-order valence-corrected chi connectivity index (χ0v) is 21.3. The number of benzene rings is 2. The Morgan fingerprint density at radius 3 is 2.30 bits per heavy atom. The van der Waals surface area contributed by atoms with E-state index in [1.807, 2.05) is 20.8 Å². The van der Waals surface area contributed by atoms with Crippen LogP contribution in [-0.4, -0.2) is 38.5 Å². The molecule has 2 atom stereocenters. The molecule has 198 valence electrons. The number of aromatic carboxylic acids is 1. The molecule has 1 aromatic heterocycles. The fraction of sp³-hybridized carbons (Fsp3) is 0.346. The van der Waals surface area contributed by atoms with Crippen molar-refractivity contribution >= 4 is 23.5 Å². The van der Waals surface area contributed by atoms with Gasteiger partial charge in [0.2, 0.25) is 5.91 Å². The van der Waals surface area contributed by atoms with E-state index in [0.29, 0.717) is 26.9 Å². The first-order valence-corrected chi connectivity index (χ1v) is 11.8. The van der Waals surface area contributed by atoms with Gasteiger partial charge in [0.15, 0.2) is 0 Å². The van der Waals surface area contributed by atoms with Crippen molar-refractivity contribution < 1.29 is 28.6 Å². The molecule has 0 bridgehead atoms. The number of alkyl halides is 2. The zero-order chi connectivity index (χ0) is 27.5. The number of hydrogen-bond acceptors (Lipinski definition) is 5. The van der Waals surface area contributed by atoms with Crippen LogP contribution >= 0.6 is 11.6 Å². The molecule has 37 heavy (non-hydrogen) atoms. The quantitative estimate of drug-likeness (QED) is 0.314. The van der Waals surface area contributed by atoms with E-state index in [9.17, 15) is 28.6 Å². The van der Waals surface area contributed by atoms with Gasteiger partial charge in [-0.25, -0.2) is 9.48 Å². The Balaban J connectivity index is 1.94. The molecule has 0 saturated heterocycles. The van der Waals surface area contributed by atoms with Gasteiger partial charge >= 0.3 is 12.5 Å². The number of carboxylic acids is 1. The summed E-state index contributed by atoms with van der Waals surface area (Å²) in [6, 6.07) is 9.90. The third-order valence-electron chi connectivity index (χ3n) is 5.86. The van der Waals surface area contributed by atoms with E-state index in [1.165, 1.54) is 30.6 Å². The number of carbonyl (C=O) groups is 2. The van der Waals surface area contributed by atoms with Gasteiger partial charge in [-0.3, -0.25) is 4.79 Å². The van der Waals surface area contributed by atoms with E-state index in [1.54, 1.807) is 24.3 Å². The molecule has 0 radical (unpaired) electrons. The standard InChI is InChI=1S/C26H29ClF2N4O4/c1-25(2,3)14-26(30,18-7-4-15(5-8-18)17-11-31-33(12-17)24(28)29)23(37)32-21(13-34)16-6-9-20(27)19(10-16)22(35)36/h4-12,21,24,34H,13-14,30H2,1-3H3,(H,32,37)(H,35,36)/t21-,26-/m1/s1. The number of hydrogen-bond donors (Lipinski definition) is 4. The van der Waals surface area contributed by atoms with Crippen LogP contribution in [0.25, 0.3) is 11.1 Å². The van der Waals surface area contributed by atoms with Gasteiger partial charge in [-0.15, -0.1) is 0 Å². The normalized spacial score (nSPS) is 14.3. The smallest absolute Gasteiger partial charge is 0.337 e. The number of rotatable bonds is 9. The van der Waals surface area contributed by atoms with E-state index in [0.717, 1.165) is 0 Å². The molecule has 8 nitrogen and oxygen atoms in total. The maximum Gasteiger partial charge on any atom is 0.337 e. The van der Waals surface area contributed by atoms with Crippen molar-refractivity contribution in [3.8, 4) is 11.1 Å². The van der Waals surface area contributed by atoms with Crippen LogP contribution in [0.4, 0.5) is 8.78 Å². The molecule has 11 heteroatoms. The molecule has 0 spiro atoms. The summed E-state index contributed by atoms with van der Waals surface area (Å²) in [4.78, 5) is 25.1. The Morgan fingerprint density at radius 1 is 1.14 bits per heavy atom. The molecule has 1 heterocycles. The van der Waals surface area contributed by atoms with Gasteiger partial charge in [0.1, 0.15) is 5.54 Å². The molecule has 1 amide bonds. The second-order valence-electron chi connectivity index (χ2n) is 10.0. The average Bonchev–Trinajstić information content (AvgIpc) is 3.32. The van der Waals surface area contributed by atoms with Crippen molar-refractivity contribution in [2.75, 3.05) is 6.61 Å². The van der Waals surface area contributed by atoms with Crippen LogP contribution in [0.3, 0.4) is 0 Å². The Bertz CT molecular complexity index is 1270. The Morgan fingerprint density at radius 2 is 1.78 bits per heavy atom. The minimum atomic E-state index is -2.76. The first kappa shape index (κ1) is 28.2. The van der Waals surface area contributed by atoms with Gasteiger partial charge in [-0.05, 0) is 40.7 Å². The summed E-state index contributed by atoms with van der Waals surface area (Å²) in [5.74, 6) is -1.82. The molecule has 2 aromatic carbocycles. The van der Waals surface area contributed by atoms with Crippen molar-refractivity contribution in [3.63, 3.8) is 0 Å². The van der Waals surface area contributed by atoms with Crippen molar-refractivity contribution in [1.82, 2.24) is 15.1 Å². The highest BCUT2D eigenvalue weighted by Gasteiger charge is 2.40. The number of nitrogens with two attached hydrogens (primary N) is 1. The molecule has 0 aliphatic rings. The van der Waals surface area contributed by atoms with E-state index in [2.05, 4.69) is 10.4 Å². The highest BCUT2D eigenvalue weighted by molar-refractivity contribution is 6.33. The number of halogens is 3. The van der Waals surface area contributed by atoms with Gasteiger partial charge < -0.3 is 21.3 Å². The maximum absolute atomic E-state index is 13.6. The van der Waals surface area contributed by atoms with Crippen molar-refractivity contribution in [2.24, 2.45) is 11.1 Å². The first-order chi connectivity index (χ1) is 17.2. The summed E-state index contributed by atoms with van der Waals surface area (Å²) >= 11 is 5.95. The fourth-order valence-electron chi connectivity index (χ4n) is 4.15. The van der Waals surface area contributed by atoms with E-state index < -0.39 is 36.6 Å². The van der Waals surface area contributed by atoms with Crippen LogP contribution in [0.15, 0.2) is 54.9 Å². The lowest BCUT2D eigenvalue weighted by Crippen LogP contribution is -2.54. The van der Waals surface area contributed by atoms with Crippen molar-refractivity contribution in [3.05, 3.63) is 76.6 Å². The monoisotopic (exact) mass is 534 g/mol. The predicted molar refractivity (Wildman–Crippen MR) is 135 cm³/mol. The number of aromatic nitrogens is 2. The minimum Gasteiger partial charge on any atom is -0.478 e. The fourth-order valence-corrected chi connectivity index (χ4v) is 4.35. The highest BCUT2D eigenvalue weighted by atomic mass is 35.5. The molecule has 0 unspecified atom stereocenters. The molecule has 3 aromatic rings. The van der Waals surface area contributed by atoms with Gasteiger partial charge in [0.05, 0.1) is 29.4 Å². The molecule has 0 aliphatic carbocycles. The lowest BCUT2D eigenvalue weighted by atomic mass is 9.75. The topological polar surface area (TPSA) is 130 Å². The summed E-state index contributed by atoms with van der Waals surface area (Å²) < 4.78 is 26.3. The Hall–Kier alpha value is -3.34. The minimum absolute atomic E-state index is 0.0272. The zero-order valence-electron chi connectivity index (χ0n) is 20.6. The van der Waals surface area contributed by atoms with Crippen LogP contribution in [0.1, 0.15) is 61.3 Å². The van der Waals surface area contributed by atoms with Gasteiger partial charge in [-0.1, -0.05) is 62.7 Å². The number of aliphatic hydroxyl groups is 1. The van der Waals surface area contributed by atoms with Crippen LogP contribution in [0.5, 0.6) is 0 Å². The van der Waals surface area contributed by atoms with E-state index in [-0.39, 0.29) is 22.4 Å². The molecular weight excluding hydrogens is 506 g/mol. The van der Waals surface area contributed by atoms with E-state index in [4.69, 9.17) is 17.3 Å². The van der Waals surface area contributed by atoms with Gasteiger partial charge in [0, 0.05) is 11.8 Å². The van der Waals surface area contributed by atoms with Crippen LogP contribution in [0, 0.1) is 5.41 Å². The average molecular weight is 535 g/mol. The summed E-state index contributed by atoms with van der Waals surface area (Å²) in [6.45, 7) is 2.52. The molecule has 0 fully saturated rings. The van der Waals surface area contributed by atoms with Crippen molar-refractivity contribution in [2.45, 2.75) is 45.3 Å². The molecule has 0 aliphatic heterocycles. The third kappa shape index (κ3) is 6.51.